The molecule has 1 aliphatic heterocycles. The number of amides is 2. The van der Waals surface area contributed by atoms with Crippen LogP contribution in [0.5, 0.6) is 5.75 Å². The van der Waals surface area contributed by atoms with Crippen molar-refractivity contribution in [1.29, 1.82) is 0 Å². The van der Waals surface area contributed by atoms with Crippen molar-refractivity contribution in [3.05, 3.63) is 58.6 Å². The fraction of sp³-hybridized carbons (Fsp3) is 0.300. The average Bonchev–Trinajstić information content (AvgIpc) is 3.04. The highest BCUT2D eigenvalue weighted by molar-refractivity contribution is 6.31. The van der Waals surface area contributed by atoms with E-state index in [0.717, 1.165) is 22.6 Å². The third-order valence-corrected chi connectivity index (χ3v) is 5.04. The third kappa shape index (κ3) is 3.83. The van der Waals surface area contributed by atoms with E-state index in [0.29, 0.717) is 18.1 Å². The Labute approximate surface area is 157 Å². The highest BCUT2D eigenvalue weighted by Crippen LogP contribution is 2.31. The van der Waals surface area contributed by atoms with E-state index in [-0.39, 0.29) is 24.2 Å². The largest absolute Gasteiger partial charge is 0.497 e. The Kier molecular flexibility index (Phi) is 5.47. The number of hydrogen-bond acceptors (Lipinski definition) is 3. The van der Waals surface area contributed by atoms with Crippen LogP contribution < -0.4 is 15.0 Å². The van der Waals surface area contributed by atoms with Crippen LogP contribution in [0.15, 0.2) is 42.5 Å². The maximum Gasteiger partial charge on any atom is 0.227 e. The summed E-state index contributed by atoms with van der Waals surface area (Å²) in [5, 5.41) is 3.52. The fourth-order valence-corrected chi connectivity index (χ4v) is 3.29. The zero-order chi connectivity index (χ0) is 18.7. The summed E-state index contributed by atoms with van der Waals surface area (Å²) >= 11 is 6.15. The lowest BCUT2D eigenvalue weighted by atomic mass is 10.1. The van der Waals surface area contributed by atoms with E-state index in [1.807, 2.05) is 43.3 Å². The van der Waals surface area contributed by atoms with Gasteiger partial charge in [0.15, 0.2) is 0 Å². The second kappa shape index (κ2) is 7.79. The summed E-state index contributed by atoms with van der Waals surface area (Å²) < 4.78 is 5.18. The molecule has 6 heteroatoms. The Morgan fingerprint density at radius 1 is 1.31 bits per heavy atom. The molecule has 5 nitrogen and oxygen atoms in total. The van der Waals surface area contributed by atoms with E-state index < -0.39 is 0 Å². The van der Waals surface area contributed by atoms with E-state index in [1.165, 1.54) is 0 Å². The van der Waals surface area contributed by atoms with Crippen LogP contribution in [0.25, 0.3) is 0 Å². The molecule has 0 aliphatic carbocycles. The van der Waals surface area contributed by atoms with Gasteiger partial charge in [-0.15, -0.1) is 0 Å². The summed E-state index contributed by atoms with van der Waals surface area (Å²) in [6, 6.07) is 13.0. The van der Waals surface area contributed by atoms with Gasteiger partial charge in [0.2, 0.25) is 11.8 Å². The zero-order valence-electron chi connectivity index (χ0n) is 14.8. The number of nitrogens with one attached hydrogen (secondary N) is 1. The van der Waals surface area contributed by atoms with Gasteiger partial charge in [0.25, 0.3) is 0 Å². The molecule has 1 N–H and O–H groups in total. The molecule has 0 bridgehead atoms. The fourth-order valence-electron chi connectivity index (χ4n) is 3.12. The lowest BCUT2D eigenvalue weighted by Gasteiger charge is -2.19. The molecule has 3 rings (SSSR count). The first kappa shape index (κ1) is 18.3. The van der Waals surface area contributed by atoms with Crippen molar-refractivity contribution in [2.45, 2.75) is 19.9 Å². The minimum absolute atomic E-state index is 0.0584. The van der Waals surface area contributed by atoms with Crippen LogP contribution in [0.1, 0.15) is 17.5 Å². The van der Waals surface area contributed by atoms with Gasteiger partial charge in [0, 0.05) is 30.2 Å². The Morgan fingerprint density at radius 3 is 2.85 bits per heavy atom. The van der Waals surface area contributed by atoms with Gasteiger partial charge < -0.3 is 15.0 Å². The van der Waals surface area contributed by atoms with Crippen LogP contribution in [-0.4, -0.2) is 25.5 Å². The molecule has 2 aromatic rings. The molecule has 1 fully saturated rings. The van der Waals surface area contributed by atoms with Crippen molar-refractivity contribution in [2.75, 3.05) is 18.6 Å². The van der Waals surface area contributed by atoms with Crippen molar-refractivity contribution < 1.29 is 14.3 Å². The minimum atomic E-state index is -0.369. The van der Waals surface area contributed by atoms with Gasteiger partial charge in [-0.25, -0.2) is 0 Å². The standard InChI is InChI=1S/C20H21ClN2O3/c1-13-17(21)7-4-8-18(13)23-12-15(10-19(23)24)20(25)22-11-14-5-3-6-16(9-14)26-2/h3-9,15H,10-12H2,1-2H3,(H,22,25)/t15-/m0/s1. The smallest absolute Gasteiger partial charge is 0.227 e. The first-order valence-corrected chi connectivity index (χ1v) is 8.83. The van der Waals surface area contributed by atoms with E-state index in [1.54, 1.807) is 18.1 Å². The van der Waals surface area contributed by atoms with Crippen molar-refractivity contribution in [3.63, 3.8) is 0 Å². The van der Waals surface area contributed by atoms with Gasteiger partial charge in [0.1, 0.15) is 5.75 Å². The molecule has 0 spiro atoms. The summed E-state index contributed by atoms with van der Waals surface area (Å²) in [6.07, 6.45) is 0.204. The van der Waals surface area contributed by atoms with Crippen LogP contribution in [0.3, 0.4) is 0 Å². The molecule has 2 amide bonds. The molecule has 1 saturated heterocycles. The van der Waals surface area contributed by atoms with Gasteiger partial charge in [-0.3, -0.25) is 9.59 Å². The molecule has 0 radical (unpaired) electrons. The van der Waals surface area contributed by atoms with Crippen LogP contribution in [0.4, 0.5) is 5.69 Å². The van der Waals surface area contributed by atoms with Gasteiger partial charge in [-0.2, -0.15) is 0 Å². The maximum absolute atomic E-state index is 12.5. The summed E-state index contributed by atoms with van der Waals surface area (Å²) in [5.74, 6) is 0.196. The molecule has 136 valence electrons. The molecular formula is C20H21ClN2O3. The second-order valence-electron chi connectivity index (χ2n) is 6.36. The second-order valence-corrected chi connectivity index (χ2v) is 6.77. The number of halogens is 1. The number of benzene rings is 2. The zero-order valence-corrected chi connectivity index (χ0v) is 15.5. The Morgan fingerprint density at radius 2 is 2.08 bits per heavy atom. The van der Waals surface area contributed by atoms with Crippen LogP contribution in [0.2, 0.25) is 5.02 Å². The monoisotopic (exact) mass is 372 g/mol. The first-order chi connectivity index (χ1) is 12.5. The molecule has 1 aliphatic rings. The topological polar surface area (TPSA) is 58.6 Å². The van der Waals surface area contributed by atoms with Gasteiger partial charge in [-0.1, -0.05) is 29.8 Å². The molecule has 2 aromatic carbocycles. The maximum atomic E-state index is 12.5. The summed E-state index contributed by atoms with van der Waals surface area (Å²) in [7, 11) is 1.61. The first-order valence-electron chi connectivity index (χ1n) is 8.45. The van der Waals surface area contributed by atoms with Crippen LogP contribution in [-0.2, 0) is 16.1 Å². The lowest BCUT2D eigenvalue weighted by molar-refractivity contribution is -0.126. The Hall–Kier alpha value is -2.53. The SMILES string of the molecule is COc1cccc(CNC(=O)[C@H]2CC(=O)N(c3cccc(Cl)c3C)C2)c1. The number of rotatable bonds is 5. The van der Waals surface area contributed by atoms with Gasteiger partial charge in [-0.05, 0) is 42.3 Å². The van der Waals surface area contributed by atoms with E-state index in [2.05, 4.69) is 5.32 Å². The molecule has 1 heterocycles. The summed E-state index contributed by atoms with van der Waals surface area (Å²) in [5.41, 5.74) is 2.56. The lowest BCUT2D eigenvalue weighted by Crippen LogP contribution is -2.32. The van der Waals surface area contributed by atoms with Gasteiger partial charge >= 0.3 is 0 Å². The summed E-state index contributed by atoms with van der Waals surface area (Å²) in [4.78, 5) is 26.5. The normalized spacial score (nSPS) is 16.7. The number of carbonyl (C=O) groups is 2. The molecule has 26 heavy (non-hydrogen) atoms. The molecule has 0 saturated carbocycles. The minimum Gasteiger partial charge on any atom is -0.497 e. The quantitative estimate of drug-likeness (QED) is 0.875. The Balaban J connectivity index is 1.64. The van der Waals surface area contributed by atoms with E-state index in [4.69, 9.17) is 16.3 Å². The van der Waals surface area contributed by atoms with Crippen molar-refractivity contribution in [2.24, 2.45) is 5.92 Å². The highest BCUT2D eigenvalue weighted by Gasteiger charge is 2.35. The number of hydrogen-bond donors (Lipinski definition) is 1. The summed E-state index contributed by atoms with van der Waals surface area (Å²) in [6.45, 7) is 2.64. The number of carbonyl (C=O) groups excluding carboxylic acids is 2. The van der Waals surface area contributed by atoms with Crippen LogP contribution in [0, 0.1) is 12.8 Å². The van der Waals surface area contributed by atoms with Crippen molar-refractivity contribution in [1.82, 2.24) is 5.32 Å². The predicted octanol–water partition coefficient (Wildman–Crippen LogP) is 3.33. The van der Waals surface area contributed by atoms with E-state index in [9.17, 15) is 9.59 Å². The van der Waals surface area contributed by atoms with E-state index >= 15 is 0 Å². The van der Waals surface area contributed by atoms with Crippen LogP contribution >= 0.6 is 11.6 Å². The number of ether oxygens (including phenoxy) is 1. The van der Waals surface area contributed by atoms with Gasteiger partial charge in [0.05, 0.1) is 13.0 Å². The molecule has 0 aromatic heterocycles. The van der Waals surface area contributed by atoms with Crippen molar-refractivity contribution >= 4 is 29.1 Å². The number of methoxy groups -OCH3 is 1. The predicted molar refractivity (Wildman–Crippen MR) is 101 cm³/mol. The third-order valence-electron chi connectivity index (χ3n) is 4.63. The average molecular weight is 373 g/mol. The molecule has 0 unspecified atom stereocenters. The molecule has 1 atom stereocenters. The number of nitrogens with zero attached hydrogens (tertiary/aromatic N) is 1. The highest BCUT2D eigenvalue weighted by atomic mass is 35.5. The number of anilines is 1. The Bertz CT molecular complexity index is 838. The molecular weight excluding hydrogens is 352 g/mol. The van der Waals surface area contributed by atoms with Crippen molar-refractivity contribution in [3.8, 4) is 5.75 Å².